The third-order valence-electron chi connectivity index (χ3n) is 2.88. The zero-order valence-electron chi connectivity index (χ0n) is 9.02. The van der Waals surface area contributed by atoms with Crippen molar-refractivity contribution in [1.82, 2.24) is 10.2 Å². The molecule has 0 bridgehead atoms. The smallest absolute Gasteiger partial charge is 0.322 e. The van der Waals surface area contributed by atoms with Gasteiger partial charge in [-0.1, -0.05) is 12.8 Å². The summed E-state index contributed by atoms with van der Waals surface area (Å²) in [6, 6.07) is 3.73. The first kappa shape index (κ1) is 10.9. The van der Waals surface area contributed by atoms with E-state index in [0.29, 0.717) is 11.7 Å². The zero-order chi connectivity index (χ0) is 11.4. The van der Waals surface area contributed by atoms with Gasteiger partial charge in [-0.2, -0.15) is 5.10 Å². The lowest BCUT2D eigenvalue weighted by atomic mass is 10.0. The van der Waals surface area contributed by atoms with Crippen LogP contribution in [0.1, 0.15) is 37.3 Å². The molecular weight excluding hydrogens is 206 g/mol. The average Bonchev–Trinajstić information content (AvgIpc) is 2.80. The predicted molar refractivity (Wildman–Crippen MR) is 59.4 cm³/mol. The van der Waals surface area contributed by atoms with Crippen molar-refractivity contribution in [3.8, 4) is 0 Å². The molecule has 1 aliphatic carbocycles. The van der Waals surface area contributed by atoms with Crippen LogP contribution in [0.2, 0.25) is 0 Å². The molecule has 1 fully saturated rings. The van der Waals surface area contributed by atoms with E-state index in [2.05, 4.69) is 15.5 Å². The third-order valence-corrected chi connectivity index (χ3v) is 2.88. The highest BCUT2D eigenvalue weighted by atomic mass is 16.4. The molecule has 86 valence electrons. The molecule has 1 heterocycles. The minimum Gasteiger partial charge on any atom is -0.480 e. The van der Waals surface area contributed by atoms with E-state index < -0.39 is 5.97 Å². The average molecular weight is 221 g/mol. The van der Waals surface area contributed by atoms with Crippen LogP contribution in [0.4, 0.5) is 5.82 Å². The van der Waals surface area contributed by atoms with Gasteiger partial charge < -0.3 is 10.4 Å². The second kappa shape index (κ2) is 4.92. The van der Waals surface area contributed by atoms with Gasteiger partial charge in [-0.25, -0.2) is 0 Å². The number of aliphatic carboxylic acids is 1. The van der Waals surface area contributed by atoms with Gasteiger partial charge in [-0.3, -0.25) is 4.79 Å². The summed E-state index contributed by atoms with van der Waals surface area (Å²) >= 11 is 0. The molecule has 0 saturated heterocycles. The summed E-state index contributed by atoms with van der Waals surface area (Å²) in [5.41, 5.74) is 1.03. The molecule has 0 aromatic carbocycles. The van der Waals surface area contributed by atoms with Crippen LogP contribution in [0.15, 0.2) is 12.1 Å². The second-order valence-corrected chi connectivity index (χ2v) is 4.07. The Balaban J connectivity index is 1.95. The normalized spacial score (nSPS) is 16.2. The highest BCUT2D eigenvalue weighted by molar-refractivity contribution is 5.72. The van der Waals surface area contributed by atoms with Crippen LogP contribution in [0, 0.1) is 0 Å². The Morgan fingerprint density at radius 2 is 2.12 bits per heavy atom. The molecule has 0 amide bonds. The number of carboxylic acid groups (broad SMARTS) is 1. The third kappa shape index (κ3) is 2.68. The largest absolute Gasteiger partial charge is 0.480 e. The lowest BCUT2D eigenvalue weighted by Crippen LogP contribution is -2.13. The van der Waals surface area contributed by atoms with E-state index in [9.17, 15) is 4.79 Å². The molecule has 2 rings (SSSR count). The zero-order valence-corrected chi connectivity index (χ0v) is 9.02. The van der Waals surface area contributed by atoms with Crippen molar-refractivity contribution in [1.29, 1.82) is 0 Å². The standard InChI is InChI=1S/C11H15N3O2/c15-11(16)7-12-10-6-5-9(13-14-10)8-3-1-2-4-8/h5-6,8H,1-4,7H2,(H,12,14)(H,15,16). The first-order chi connectivity index (χ1) is 7.75. The topological polar surface area (TPSA) is 75.1 Å². The van der Waals surface area contributed by atoms with Gasteiger partial charge in [0.25, 0.3) is 0 Å². The Labute approximate surface area is 93.9 Å². The summed E-state index contributed by atoms with van der Waals surface area (Å²) in [5.74, 6) is 0.159. The summed E-state index contributed by atoms with van der Waals surface area (Å²) in [7, 11) is 0. The summed E-state index contributed by atoms with van der Waals surface area (Å²) in [6.07, 6.45) is 4.92. The van der Waals surface area contributed by atoms with E-state index in [4.69, 9.17) is 5.11 Å². The number of carbonyl (C=O) groups is 1. The number of anilines is 1. The van der Waals surface area contributed by atoms with Gasteiger partial charge >= 0.3 is 5.97 Å². The SMILES string of the molecule is O=C(O)CNc1ccc(C2CCCC2)nn1. The van der Waals surface area contributed by atoms with E-state index in [1.807, 2.05) is 6.07 Å². The van der Waals surface area contributed by atoms with Crippen LogP contribution in [-0.2, 0) is 4.79 Å². The molecule has 0 spiro atoms. The number of hydrogen-bond acceptors (Lipinski definition) is 4. The van der Waals surface area contributed by atoms with Gasteiger partial charge in [0.05, 0.1) is 5.69 Å². The first-order valence-corrected chi connectivity index (χ1v) is 5.55. The van der Waals surface area contributed by atoms with E-state index >= 15 is 0 Å². The number of hydrogen-bond donors (Lipinski definition) is 2. The maximum Gasteiger partial charge on any atom is 0.322 e. The highest BCUT2D eigenvalue weighted by Gasteiger charge is 2.18. The number of nitrogens with one attached hydrogen (secondary N) is 1. The van der Waals surface area contributed by atoms with Gasteiger partial charge in [0.1, 0.15) is 12.4 Å². The predicted octanol–water partition coefficient (Wildman–Crippen LogP) is 1.63. The molecular formula is C11H15N3O2. The molecule has 2 N–H and O–H groups in total. The number of rotatable bonds is 4. The van der Waals surface area contributed by atoms with E-state index in [-0.39, 0.29) is 6.54 Å². The van der Waals surface area contributed by atoms with E-state index in [0.717, 1.165) is 5.69 Å². The fraction of sp³-hybridized carbons (Fsp3) is 0.545. The maximum atomic E-state index is 10.3. The van der Waals surface area contributed by atoms with Crippen molar-refractivity contribution >= 4 is 11.8 Å². The van der Waals surface area contributed by atoms with Crippen molar-refractivity contribution in [3.63, 3.8) is 0 Å². The highest BCUT2D eigenvalue weighted by Crippen LogP contribution is 2.32. The molecule has 0 aliphatic heterocycles. The molecule has 0 unspecified atom stereocenters. The molecule has 0 radical (unpaired) electrons. The Morgan fingerprint density at radius 1 is 1.38 bits per heavy atom. The Bertz CT molecular complexity index is 358. The van der Waals surface area contributed by atoms with Gasteiger partial charge in [-0.05, 0) is 25.0 Å². The Kier molecular flexibility index (Phi) is 3.34. The second-order valence-electron chi connectivity index (χ2n) is 4.07. The molecule has 5 heteroatoms. The van der Waals surface area contributed by atoms with Crippen molar-refractivity contribution < 1.29 is 9.90 Å². The summed E-state index contributed by atoms with van der Waals surface area (Å²) in [5, 5.41) is 19.3. The van der Waals surface area contributed by atoms with Crippen LogP contribution in [0.5, 0.6) is 0 Å². The summed E-state index contributed by atoms with van der Waals surface area (Å²) in [4.78, 5) is 10.3. The van der Waals surface area contributed by atoms with Gasteiger partial charge in [-0.15, -0.1) is 5.10 Å². The van der Waals surface area contributed by atoms with Crippen molar-refractivity contribution in [2.45, 2.75) is 31.6 Å². The number of aromatic nitrogens is 2. The number of nitrogens with zero attached hydrogens (tertiary/aromatic N) is 2. The van der Waals surface area contributed by atoms with Crippen molar-refractivity contribution in [2.75, 3.05) is 11.9 Å². The molecule has 1 aliphatic rings. The van der Waals surface area contributed by atoms with Gasteiger partial charge in [0.15, 0.2) is 0 Å². The number of carboxylic acids is 1. The van der Waals surface area contributed by atoms with Crippen molar-refractivity contribution in [3.05, 3.63) is 17.8 Å². The molecule has 5 nitrogen and oxygen atoms in total. The van der Waals surface area contributed by atoms with Crippen LogP contribution >= 0.6 is 0 Å². The van der Waals surface area contributed by atoms with Crippen molar-refractivity contribution in [2.24, 2.45) is 0 Å². The lowest BCUT2D eigenvalue weighted by Gasteiger charge is -2.08. The molecule has 1 aromatic rings. The van der Waals surface area contributed by atoms with E-state index in [1.165, 1.54) is 25.7 Å². The van der Waals surface area contributed by atoms with Crippen LogP contribution in [0.25, 0.3) is 0 Å². The minimum absolute atomic E-state index is 0.128. The summed E-state index contributed by atoms with van der Waals surface area (Å²) < 4.78 is 0. The van der Waals surface area contributed by atoms with E-state index in [1.54, 1.807) is 6.07 Å². The Hall–Kier alpha value is -1.65. The van der Waals surface area contributed by atoms with Crippen LogP contribution in [0.3, 0.4) is 0 Å². The fourth-order valence-electron chi connectivity index (χ4n) is 2.04. The fourth-order valence-corrected chi connectivity index (χ4v) is 2.04. The molecule has 1 aromatic heterocycles. The van der Waals surface area contributed by atoms with Crippen LogP contribution < -0.4 is 5.32 Å². The molecule has 16 heavy (non-hydrogen) atoms. The van der Waals surface area contributed by atoms with Crippen LogP contribution in [-0.4, -0.2) is 27.8 Å². The monoisotopic (exact) mass is 221 g/mol. The van der Waals surface area contributed by atoms with Gasteiger partial charge in [0.2, 0.25) is 0 Å². The molecule has 0 atom stereocenters. The quantitative estimate of drug-likeness (QED) is 0.808. The summed E-state index contributed by atoms with van der Waals surface area (Å²) in [6.45, 7) is -0.128. The lowest BCUT2D eigenvalue weighted by molar-refractivity contribution is -0.134. The minimum atomic E-state index is -0.901. The Morgan fingerprint density at radius 3 is 2.69 bits per heavy atom. The molecule has 1 saturated carbocycles. The maximum absolute atomic E-state index is 10.3. The van der Waals surface area contributed by atoms with Gasteiger partial charge in [0, 0.05) is 5.92 Å². The first-order valence-electron chi connectivity index (χ1n) is 5.55.